The molecule has 1 aromatic heterocycles. The Hall–Kier alpha value is -3.43. The monoisotopic (exact) mass is 381 g/mol. The molecule has 0 unspecified atom stereocenters. The number of amides is 1. The topological polar surface area (TPSA) is 77.2 Å². The molecule has 3 rings (SSSR count). The lowest BCUT2D eigenvalue weighted by Gasteiger charge is -2.11. The van der Waals surface area contributed by atoms with Crippen LogP contribution in [0.2, 0.25) is 0 Å². The molecule has 0 aliphatic carbocycles. The molecular weight excluding hydrogens is 370 g/mol. The Morgan fingerprint density at radius 2 is 1.81 bits per heavy atom. The van der Waals surface area contributed by atoms with Gasteiger partial charge >= 0.3 is 12.2 Å². The van der Waals surface area contributed by atoms with Crippen LogP contribution in [-0.2, 0) is 6.18 Å². The van der Waals surface area contributed by atoms with E-state index in [1.165, 1.54) is 31.4 Å². The number of hydrogen-bond donors (Lipinski definition) is 1. The third-order valence-electron chi connectivity index (χ3n) is 3.47. The summed E-state index contributed by atoms with van der Waals surface area (Å²) in [6.45, 7) is 0. The third-order valence-corrected chi connectivity index (χ3v) is 3.47. The van der Waals surface area contributed by atoms with Gasteiger partial charge in [0.15, 0.2) is 0 Å². The van der Waals surface area contributed by atoms with Gasteiger partial charge in [-0.15, -0.1) is 5.10 Å². The van der Waals surface area contributed by atoms with E-state index in [2.05, 4.69) is 15.5 Å². The number of nitrogens with one attached hydrogen (secondary N) is 1. The van der Waals surface area contributed by atoms with Gasteiger partial charge in [0.1, 0.15) is 11.6 Å². The number of hydrogen-bond acceptors (Lipinski definition) is 5. The summed E-state index contributed by atoms with van der Waals surface area (Å²) in [7, 11) is 1.18. The lowest BCUT2D eigenvalue weighted by Crippen LogP contribution is -2.14. The van der Waals surface area contributed by atoms with Crippen molar-refractivity contribution in [3.63, 3.8) is 0 Å². The van der Waals surface area contributed by atoms with Crippen molar-refractivity contribution in [2.24, 2.45) is 0 Å². The second-order valence-electron chi connectivity index (χ2n) is 5.32. The first-order valence-corrected chi connectivity index (χ1v) is 7.43. The highest BCUT2D eigenvalue weighted by atomic mass is 19.4. The fourth-order valence-corrected chi connectivity index (χ4v) is 2.16. The van der Waals surface area contributed by atoms with Gasteiger partial charge in [-0.25, -0.2) is 4.39 Å². The number of benzene rings is 2. The van der Waals surface area contributed by atoms with Crippen LogP contribution in [0.25, 0.3) is 11.5 Å². The van der Waals surface area contributed by atoms with Gasteiger partial charge in [-0.3, -0.25) is 10.1 Å². The molecule has 0 fully saturated rings. The Morgan fingerprint density at radius 3 is 2.44 bits per heavy atom. The van der Waals surface area contributed by atoms with Crippen LogP contribution in [0.1, 0.15) is 15.9 Å². The maximum Gasteiger partial charge on any atom is 0.416 e. The van der Waals surface area contributed by atoms with Crippen molar-refractivity contribution >= 4 is 11.9 Å². The summed E-state index contributed by atoms with van der Waals surface area (Å²) in [5.74, 6) is -1.47. The molecule has 0 atom stereocenters. The predicted octanol–water partition coefficient (Wildman–Crippen LogP) is 4.16. The number of nitrogens with zero attached hydrogens (tertiary/aromatic N) is 2. The largest absolute Gasteiger partial charge is 0.497 e. The molecule has 2 aromatic carbocycles. The molecule has 0 radical (unpaired) electrons. The van der Waals surface area contributed by atoms with Crippen LogP contribution in [0, 0.1) is 5.82 Å². The van der Waals surface area contributed by atoms with Crippen LogP contribution in [0.3, 0.4) is 0 Å². The number of anilines is 1. The van der Waals surface area contributed by atoms with E-state index in [4.69, 9.17) is 9.15 Å². The molecule has 6 nitrogen and oxygen atoms in total. The van der Waals surface area contributed by atoms with E-state index in [0.29, 0.717) is 11.6 Å². The van der Waals surface area contributed by atoms with Crippen LogP contribution in [-0.4, -0.2) is 23.2 Å². The maximum absolute atomic E-state index is 12.9. The van der Waals surface area contributed by atoms with E-state index in [1.54, 1.807) is 0 Å². The Labute approximate surface area is 149 Å². The number of rotatable bonds is 4. The number of methoxy groups -OCH3 is 1. The van der Waals surface area contributed by atoms with Crippen molar-refractivity contribution in [3.05, 3.63) is 59.4 Å². The van der Waals surface area contributed by atoms with Gasteiger partial charge in [0.05, 0.1) is 12.7 Å². The summed E-state index contributed by atoms with van der Waals surface area (Å²) in [4.78, 5) is 12.2. The van der Waals surface area contributed by atoms with Crippen LogP contribution < -0.4 is 10.1 Å². The number of carbonyl (C=O) groups excluding carboxylic acids is 1. The molecule has 27 heavy (non-hydrogen) atoms. The second kappa shape index (κ2) is 7.06. The second-order valence-corrected chi connectivity index (χ2v) is 5.32. The zero-order valence-electron chi connectivity index (χ0n) is 13.7. The minimum absolute atomic E-state index is 0.00641. The summed E-state index contributed by atoms with van der Waals surface area (Å²) < 4.78 is 61.8. The fraction of sp³-hybridized carbons (Fsp3) is 0.118. The number of alkyl halides is 3. The lowest BCUT2D eigenvalue weighted by molar-refractivity contribution is -0.137. The Balaban J connectivity index is 1.82. The normalized spacial score (nSPS) is 11.3. The molecule has 140 valence electrons. The Morgan fingerprint density at radius 1 is 1.11 bits per heavy atom. The molecule has 0 spiro atoms. The van der Waals surface area contributed by atoms with Crippen LogP contribution in [0.4, 0.5) is 23.6 Å². The molecule has 0 saturated carbocycles. The number of carbonyl (C=O) groups is 1. The highest BCUT2D eigenvalue weighted by molar-refractivity contribution is 6.03. The SMILES string of the molecule is COc1cc(C(=O)Nc2nnc(-c3ccc(F)cc3)o2)cc(C(F)(F)F)c1. The van der Waals surface area contributed by atoms with Gasteiger partial charge in [0, 0.05) is 11.1 Å². The zero-order valence-corrected chi connectivity index (χ0v) is 13.7. The van der Waals surface area contributed by atoms with Crippen molar-refractivity contribution in [3.8, 4) is 17.2 Å². The third kappa shape index (κ3) is 4.22. The van der Waals surface area contributed by atoms with E-state index in [0.717, 1.165) is 12.1 Å². The quantitative estimate of drug-likeness (QED) is 0.687. The minimum Gasteiger partial charge on any atom is -0.497 e. The van der Waals surface area contributed by atoms with Crippen molar-refractivity contribution in [1.82, 2.24) is 10.2 Å². The van der Waals surface area contributed by atoms with Gasteiger partial charge in [0.2, 0.25) is 5.89 Å². The number of ether oxygens (including phenoxy) is 1. The lowest BCUT2D eigenvalue weighted by atomic mass is 10.1. The van der Waals surface area contributed by atoms with Gasteiger partial charge in [0.25, 0.3) is 5.91 Å². The van der Waals surface area contributed by atoms with Gasteiger partial charge < -0.3 is 9.15 Å². The first-order valence-electron chi connectivity index (χ1n) is 7.43. The number of halogens is 4. The molecule has 1 N–H and O–H groups in total. The molecule has 0 saturated heterocycles. The predicted molar refractivity (Wildman–Crippen MR) is 85.6 cm³/mol. The molecule has 0 aliphatic rings. The average molecular weight is 381 g/mol. The maximum atomic E-state index is 12.9. The van der Waals surface area contributed by atoms with E-state index in [9.17, 15) is 22.4 Å². The summed E-state index contributed by atoms with van der Waals surface area (Å²) >= 11 is 0. The molecule has 1 heterocycles. The van der Waals surface area contributed by atoms with Crippen molar-refractivity contribution < 1.29 is 31.5 Å². The molecular formula is C17H11F4N3O3. The first kappa shape index (κ1) is 18.4. The zero-order chi connectivity index (χ0) is 19.6. The standard InChI is InChI=1S/C17H11F4N3O3/c1-26-13-7-10(6-11(8-13)17(19,20)21)14(25)22-16-24-23-15(27-16)9-2-4-12(18)5-3-9/h2-8H,1H3,(H,22,24,25). The van der Waals surface area contributed by atoms with Crippen molar-refractivity contribution in [2.45, 2.75) is 6.18 Å². The van der Waals surface area contributed by atoms with Gasteiger partial charge in [-0.2, -0.15) is 13.2 Å². The fourth-order valence-electron chi connectivity index (χ4n) is 2.16. The van der Waals surface area contributed by atoms with E-state index in [-0.39, 0.29) is 23.2 Å². The smallest absolute Gasteiger partial charge is 0.416 e. The summed E-state index contributed by atoms with van der Waals surface area (Å²) in [5.41, 5.74) is -0.933. The van der Waals surface area contributed by atoms with E-state index < -0.39 is 23.5 Å². The molecule has 0 bridgehead atoms. The molecule has 1 amide bonds. The van der Waals surface area contributed by atoms with E-state index >= 15 is 0 Å². The minimum atomic E-state index is -4.65. The van der Waals surface area contributed by atoms with Gasteiger partial charge in [-0.1, -0.05) is 5.10 Å². The van der Waals surface area contributed by atoms with Crippen LogP contribution in [0.5, 0.6) is 5.75 Å². The molecule has 3 aromatic rings. The van der Waals surface area contributed by atoms with Crippen molar-refractivity contribution in [1.29, 1.82) is 0 Å². The molecule has 0 aliphatic heterocycles. The highest BCUT2D eigenvalue weighted by Crippen LogP contribution is 2.33. The van der Waals surface area contributed by atoms with Gasteiger partial charge in [-0.05, 0) is 42.5 Å². The van der Waals surface area contributed by atoms with E-state index in [1.807, 2.05) is 0 Å². The first-order chi connectivity index (χ1) is 12.8. The Kier molecular flexibility index (Phi) is 4.80. The van der Waals surface area contributed by atoms with Crippen LogP contribution >= 0.6 is 0 Å². The highest BCUT2D eigenvalue weighted by Gasteiger charge is 2.32. The van der Waals surface area contributed by atoms with Crippen molar-refractivity contribution in [2.75, 3.05) is 12.4 Å². The summed E-state index contributed by atoms with van der Waals surface area (Å²) in [6, 6.07) is 7.43. The summed E-state index contributed by atoms with van der Waals surface area (Å²) in [6.07, 6.45) is -4.65. The van der Waals surface area contributed by atoms with Crippen LogP contribution in [0.15, 0.2) is 46.9 Å². The Bertz CT molecular complexity index is 968. The molecule has 10 heteroatoms. The average Bonchev–Trinajstić information content (AvgIpc) is 3.09. The number of aromatic nitrogens is 2. The summed E-state index contributed by atoms with van der Waals surface area (Å²) in [5, 5.41) is 9.51.